The van der Waals surface area contributed by atoms with E-state index in [1.54, 1.807) is 6.07 Å². The van der Waals surface area contributed by atoms with Crippen molar-refractivity contribution in [1.82, 2.24) is 9.97 Å². The van der Waals surface area contributed by atoms with Gasteiger partial charge in [0.15, 0.2) is 0 Å². The lowest BCUT2D eigenvalue weighted by molar-refractivity contribution is 0.0594. The highest BCUT2D eigenvalue weighted by Gasteiger charge is 2.09. The van der Waals surface area contributed by atoms with Gasteiger partial charge in [0.1, 0.15) is 11.4 Å². The largest absolute Gasteiger partial charge is 0.506 e. The molecule has 0 radical (unpaired) electrons. The Balaban J connectivity index is 2.62. The zero-order valence-electron chi connectivity index (χ0n) is 7.97. The molecule has 5 nitrogen and oxygen atoms in total. The minimum Gasteiger partial charge on any atom is -0.506 e. The molecule has 0 saturated heterocycles. The number of hydrogen-bond donors (Lipinski definition) is 1. The summed E-state index contributed by atoms with van der Waals surface area (Å²) in [5.41, 5.74) is 0.648. The van der Waals surface area contributed by atoms with Crippen LogP contribution in [-0.4, -0.2) is 28.2 Å². The van der Waals surface area contributed by atoms with E-state index in [4.69, 9.17) is 0 Å². The summed E-state index contributed by atoms with van der Waals surface area (Å²) in [6.45, 7) is 0. The average molecular weight is 204 g/mol. The quantitative estimate of drug-likeness (QED) is 0.705. The Morgan fingerprint density at radius 1 is 1.40 bits per heavy atom. The molecule has 5 heteroatoms. The normalized spacial score (nSPS) is 10.2. The number of carbonyl (C=O) groups is 1. The summed E-state index contributed by atoms with van der Waals surface area (Å²) < 4.78 is 4.53. The lowest BCUT2D eigenvalue weighted by atomic mass is 10.2. The van der Waals surface area contributed by atoms with E-state index in [0.29, 0.717) is 10.9 Å². The van der Waals surface area contributed by atoms with E-state index < -0.39 is 5.97 Å². The summed E-state index contributed by atoms with van der Waals surface area (Å²) in [6, 6.07) is 3.10. The van der Waals surface area contributed by atoms with Gasteiger partial charge in [-0.05, 0) is 12.1 Å². The fourth-order valence-electron chi connectivity index (χ4n) is 1.26. The van der Waals surface area contributed by atoms with Crippen LogP contribution in [0.5, 0.6) is 5.75 Å². The number of aromatic nitrogens is 2. The maximum absolute atomic E-state index is 11.2. The zero-order chi connectivity index (χ0) is 10.8. The molecule has 0 aliphatic carbocycles. The highest BCUT2D eigenvalue weighted by Crippen LogP contribution is 2.21. The Bertz CT molecular complexity index is 525. The van der Waals surface area contributed by atoms with Crippen molar-refractivity contribution in [3.05, 3.63) is 30.2 Å². The van der Waals surface area contributed by atoms with Gasteiger partial charge in [-0.3, -0.25) is 4.98 Å². The van der Waals surface area contributed by atoms with Crippen LogP contribution in [0.4, 0.5) is 0 Å². The van der Waals surface area contributed by atoms with Gasteiger partial charge < -0.3 is 9.84 Å². The SMILES string of the molecule is COC(=O)c1ccc2c(O)cncc2n1. The number of fused-ring (bicyclic) bond motifs is 1. The fourth-order valence-corrected chi connectivity index (χ4v) is 1.26. The molecule has 15 heavy (non-hydrogen) atoms. The smallest absolute Gasteiger partial charge is 0.356 e. The lowest BCUT2D eigenvalue weighted by Gasteiger charge is -2.01. The molecule has 2 aromatic rings. The van der Waals surface area contributed by atoms with Gasteiger partial charge in [-0.2, -0.15) is 0 Å². The lowest BCUT2D eigenvalue weighted by Crippen LogP contribution is -2.03. The van der Waals surface area contributed by atoms with Crippen LogP contribution in [0.2, 0.25) is 0 Å². The van der Waals surface area contributed by atoms with Crippen molar-refractivity contribution in [1.29, 1.82) is 0 Å². The monoisotopic (exact) mass is 204 g/mol. The van der Waals surface area contributed by atoms with E-state index in [9.17, 15) is 9.90 Å². The first-order valence-corrected chi connectivity index (χ1v) is 4.24. The van der Waals surface area contributed by atoms with Crippen molar-refractivity contribution in [2.45, 2.75) is 0 Å². The second-order valence-electron chi connectivity index (χ2n) is 2.91. The van der Waals surface area contributed by atoms with Gasteiger partial charge in [0.2, 0.25) is 0 Å². The number of aromatic hydroxyl groups is 1. The third-order valence-corrected chi connectivity index (χ3v) is 1.99. The van der Waals surface area contributed by atoms with Crippen LogP contribution < -0.4 is 0 Å². The molecule has 0 atom stereocenters. The summed E-state index contributed by atoms with van der Waals surface area (Å²) in [5, 5.41) is 9.99. The van der Waals surface area contributed by atoms with Crippen LogP contribution in [0.3, 0.4) is 0 Å². The van der Waals surface area contributed by atoms with Crippen molar-refractivity contribution < 1.29 is 14.6 Å². The molecule has 2 aromatic heterocycles. The molecule has 0 aliphatic heterocycles. The summed E-state index contributed by atoms with van der Waals surface area (Å²) in [7, 11) is 1.29. The first kappa shape index (κ1) is 9.39. The van der Waals surface area contributed by atoms with Crippen molar-refractivity contribution in [2.24, 2.45) is 0 Å². The standard InChI is InChI=1S/C10H8N2O3/c1-15-10(14)7-3-2-6-8(12-7)4-11-5-9(6)13/h2-5,13H,1H3. The molecule has 2 heterocycles. The maximum atomic E-state index is 11.2. The summed E-state index contributed by atoms with van der Waals surface area (Å²) in [4.78, 5) is 19.0. The number of carbonyl (C=O) groups excluding carboxylic acids is 1. The van der Waals surface area contributed by atoms with Gasteiger partial charge >= 0.3 is 5.97 Å². The summed E-state index contributed by atoms with van der Waals surface area (Å²) >= 11 is 0. The number of nitrogens with zero attached hydrogens (tertiary/aromatic N) is 2. The summed E-state index contributed by atoms with van der Waals surface area (Å²) in [5.74, 6) is -0.475. The number of pyridine rings is 2. The van der Waals surface area contributed by atoms with Gasteiger partial charge in [-0.15, -0.1) is 0 Å². The molecule has 1 N–H and O–H groups in total. The third-order valence-electron chi connectivity index (χ3n) is 1.99. The third kappa shape index (κ3) is 1.59. The van der Waals surface area contributed by atoms with Crippen molar-refractivity contribution in [3.63, 3.8) is 0 Å². The van der Waals surface area contributed by atoms with Crippen LogP contribution in [0, 0.1) is 0 Å². The topological polar surface area (TPSA) is 72.3 Å². The van der Waals surface area contributed by atoms with Crippen molar-refractivity contribution in [3.8, 4) is 5.75 Å². The Kier molecular flexibility index (Phi) is 2.21. The van der Waals surface area contributed by atoms with E-state index in [1.165, 1.54) is 25.6 Å². The minimum atomic E-state index is -0.514. The molecule has 0 saturated carbocycles. The second-order valence-corrected chi connectivity index (χ2v) is 2.91. The molecule has 76 valence electrons. The van der Waals surface area contributed by atoms with Gasteiger partial charge in [0.05, 0.1) is 25.0 Å². The number of esters is 1. The molecule has 0 aromatic carbocycles. The Labute approximate surface area is 85.4 Å². The first-order chi connectivity index (χ1) is 7.22. The van der Waals surface area contributed by atoms with Crippen LogP contribution in [0.25, 0.3) is 10.9 Å². The fraction of sp³-hybridized carbons (Fsp3) is 0.100. The van der Waals surface area contributed by atoms with Crippen LogP contribution in [0.15, 0.2) is 24.5 Å². The number of rotatable bonds is 1. The molecule has 0 aliphatic rings. The molecule has 0 fully saturated rings. The van der Waals surface area contributed by atoms with Gasteiger partial charge in [0, 0.05) is 5.39 Å². The van der Waals surface area contributed by atoms with E-state index in [-0.39, 0.29) is 11.4 Å². The second kappa shape index (κ2) is 3.53. The van der Waals surface area contributed by atoms with Gasteiger partial charge in [-0.1, -0.05) is 0 Å². The maximum Gasteiger partial charge on any atom is 0.356 e. The first-order valence-electron chi connectivity index (χ1n) is 4.24. The molecule has 0 amide bonds. The van der Waals surface area contributed by atoms with E-state index in [2.05, 4.69) is 14.7 Å². The average Bonchev–Trinajstić information content (AvgIpc) is 2.28. The predicted molar refractivity (Wildman–Crippen MR) is 52.5 cm³/mol. The molecule has 2 rings (SSSR count). The van der Waals surface area contributed by atoms with E-state index in [1.807, 2.05) is 0 Å². The number of hydrogen-bond acceptors (Lipinski definition) is 5. The Morgan fingerprint density at radius 2 is 2.20 bits per heavy atom. The molecular formula is C10H8N2O3. The van der Waals surface area contributed by atoms with Crippen molar-refractivity contribution in [2.75, 3.05) is 7.11 Å². The molecule has 0 bridgehead atoms. The molecular weight excluding hydrogens is 196 g/mol. The zero-order valence-corrected chi connectivity index (χ0v) is 7.97. The van der Waals surface area contributed by atoms with Gasteiger partial charge in [-0.25, -0.2) is 9.78 Å². The minimum absolute atomic E-state index is 0.0383. The van der Waals surface area contributed by atoms with E-state index >= 15 is 0 Å². The molecule has 0 spiro atoms. The van der Waals surface area contributed by atoms with Gasteiger partial charge in [0.25, 0.3) is 0 Å². The molecule has 0 unspecified atom stereocenters. The Morgan fingerprint density at radius 3 is 2.93 bits per heavy atom. The van der Waals surface area contributed by atoms with Crippen molar-refractivity contribution >= 4 is 16.9 Å². The van der Waals surface area contributed by atoms with E-state index in [0.717, 1.165) is 0 Å². The van der Waals surface area contributed by atoms with Crippen LogP contribution in [-0.2, 0) is 4.74 Å². The number of ether oxygens (including phenoxy) is 1. The number of methoxy groups -OCH3 is 1. The highest BCUT2D eigenvalue weighted by molar-refractivity contribution is 5.92. The summed E-state index contributed by atoms with van der Waals surface area (Å²) in [6.07, 6.45) is 2.79. The van der Waals surface area contributed by atoms with Crippen LogP contribution >= 0.6 is 0 Å². The highest BCUT2D eigenvalue weighted by atomic mass is 16.5. The predicted octanol–water partition coefficient (Wildman–Crippen LogP) is 1.12. The Hall–Kier alpha value is -2.17. The van der Waals surface area contributed by atoms with Crippen LogP contribution in [0.1, 0.15) is 10.5 Å².